The quantitative estimate of drug-likeness (QED) is 0.216. The largest absolute Gasteiger partial charge is 0.416 e. The topological polar surface area (TPSA) is 12.9 Å². The first-order valence-corrected chi connectivity index (χ1v) is 13.2. The van der Waals surface area contributed by atoms with Gasteiger partial charge >= 0.3 is 6.18 Å². The highest BCUT2D eigenvalue weighted by Crippen LogP contribution is 2.35. The van der Waals surface area contributed by atoms with Gasteiger partial charge in [-0.05, 0) is 75.2 Å². The standard InChI is InChI=1S/C36H26F3N/c1-2-24-18-32(21-34(19-24)36(37,38)39)28-12-10-27(11-13-28)30-16-17-31-20-33(23-40-35(31)22-30)29-14-8-26(9-15-29)25-6-4-3-5-7-25/h3-23H,2H2,1H3. The Hall–Kier alpha value is -4.70. The molecule has 0 aliphatic carbocycles. The molecule has 0 radical (unpaired) electrons. The second-order valence-electron chi connectivity index (χ2n) is 9.92. The van der Waals surface area contributed by atoms with Gasteiger partial charge in [0.2, 0.25) is 0 Å². The summed E-state index contributed by atoms with van der Waals surface area (Å²) in [4.78, 5) is 4.73. The van der Waals surface area contributed by atoms with Crippen molar-refractivity contribution in [2.75, 3.05) is 0 Å². The highest BCUT2D eigenvalue weighted by atomic mass is 19.4. The van der Waals surface area contributed by atoms with Crippen LogP contribution in [-0.4, -0.2) is 4.98 Å². The molecule has 0 bridgehead atoms. The molecule has 6 aromatic rings. The van der Waals surface area contributed by atoms with Crippen LogP contribution >= 0.6 is 0 Å². The van der Waals surface area contributed by atoms with Gasteiger partial charge in [-0.2, -0.15) is 13.2 Å². The molecule has 0 N–H and O–H groups in total. The molecule has 1 heterocycles. The lowest BCUT2D eigenvalue weighted by Gasteiger charge is -2.12. The third-order valence-corrected chi connectivity index (χ3v) is 7.29. The van der Waals surface area contributed by atoms with Crippen LogP contribution in [0, 0.1) is 0 Å². The predicted octanol–water partition coefficient (Wildman–Crippen LogP) is 10.5. The summed E-state index contributed by atoms with van der Waals surface area (Å²) in [6, 6.07) is 39.0. The number of fused-ring (bicyclic) bond motifs is 1. The molecule has 0 saturated carbocycles. The summed E-state index contributed by atoms with van der Waals surface area (Å²) in [6.45, 7) is 1.86. The number of aryl methyl sites for hydroxylation is 1. The summed E-state index contributed by atoms with van der Waals surface area (Å²) in [5, 5.41) is 1.04. The summed E-state index contributed by atoms with van der Waals surface area (Å²) in [6.07, 6.45) is -1.94. The molecule has 0 aliphatic rings. The van der Waals surface area contributed by atoms with Gasteiger partial charge in [-0.15, -0.1) is 0 Å². The van der Waals surface area contributed by atoms with Crippen molar-refractivity contribution >= 4 is 10.9 Å². The van der Waals surface area contributed by atoms with Gasteiger partial charge < -0.3 is 0 Å². The average Bonchev–Trinajstić information content (AvgIpc) is 3.00. The maximum Gasteiger partial charge on any atom is 0.416 e. The van der Waals surface area contributed by atoms with E-state index in [4.69, 9.17) is 4.98 Å². The lowest BCUT2D eigenvalue weighted by atomic mass is 9.96. The zero-order chi connectivity index (χ0) is 27.7. The van der Waals surface area contributed by atoms with Crippen LogP contribution in [0.25, 0.3) is 55.4 Å². The second-order valence-corrected chi connectivity index (χ2v) is 9.92. The lowest BCUT2D eigenvalue weighted by molar-refractivity contribution is -0.137. The predicted molar refractivity (Wildman–Crippen MR) is 158 cm³/mol. The Bertz CT molecular complexity index is 1790. The van der Waals surface area contributed by atoms with Gasteiger partial charge in [0.25, 0.3) is 0 Å². The molecule has 0 spiro atoms. The third-order valence-electron chi connectivity index (χ3n) is 7.29. The van der Waals surface area contributed by atoms with Gasteiger partial charge in [0.1, 0.15) is 0 Å². The molecule has 5 aromatic carbocycles. The molecule has 1 aromatic heterocycles. The van der Waals surface area contributed by atoms with Crippen molar-refractivity contribution in [3.8, 4) is 44.5 Å². The van der Waals surface area contributed by atoms with Gasteiger partial charge in [0, 0.05) is 17.1 Å². The zero-order valence-corrected chi connectivity index (χ0v) is 21.9. The maximum absolute atomic E-state index is 13.4. The van der Waals surface area contributed by atoms with Crippen molar-refractivity contribution in [2.45, 2.75) is 19.5 Å². The molecule has 0 amide bonds. The number of pyridine rings is 1. The minimum Gasteiger partial charge on any atom is -0.256 e. The van der Waals surface area contributed by atoms with Crippen LogP contribution < -0.4 is 0 Å². The first-order valence-electron chi connectivity index (χ1n) is 13.2. The molecule has 0 atom stereocenters. The van der Waals surface area contributed by atoms with Crippen LogP contribution in [0.1, 0.15) is 18.1 Å². The molecule has 1 nitrogen and oxygen atoms in total. The number of halogens is 3. The molecule has 4 heteroatoms. The van der Waals surface area contributed by atoms with E-state index in [0.29, 0.717) is 17.5 Å². The number of hydrogen-bond acceptors (Lipinski definition) is 1. The van der Waals surface area contributed by atoms with E-state index < -0.39 is 11.7 Å². The summed E-state index contributed by atoms with van der Waals surface area (Å²) in [5.41, 5.74) is 8.77. The Balaban J connectivity index is 1.25. The van der Waals surface area contributed by atoms with Gasteiger partial charge in [-0.3, -0.25) is 4.98 Å². The summed E-state index contributed by atoms with van der Waals surface area (Å²) < 4.78 is 40.2. The van der Waals surface area contributed by atoms with Crippen LogP contribution in [0.2, 0.25) is 0 Å². The van der Waals surface area contributed by atoms with Crippen molar-refractivity contribution in [1.29, 1.82) is 0 Å². The van der Waals surface area contributed by atoms with E-state index in [1.807, 2.05) is 67.7 Å². The number of aromatic nitrogens is 1. The Morgan fingerprint density at radius 2 is 1.07 bits per heavy atom. The highest BCUT2D eigenvalue weighted by Gasteiger charge is 2.31. The summed E-state index contributed by atoms with van der Waals surface area (Å²) in [7, 11) is 0. The Labute approximate surface area is 231 Å². The van der Waals surface area contributed by atoms with Gasteiger partial charge in [-0.1, -0.05) is 104 Å². The molecular formula is C36H26F3N. The zero-order valence-electron chi connectivity index (χ0n) is 21.9. The van der Waals surface area contributed by atoms with Crippen molar-refractivity contribution in [1.82, 2.24) is 4.98 Å². The summed E-state index contributed by atoms with van der Waals surface area (Å²) in [5.74, 6) is 0. The molecular weight excluding hydrogens is 503 g/mol. The fourth-order valence-corrected chi connectivity index (χ4v) is 5.03. The Morgan fingerprint density at radius 3 is 1.70 bits per heavy atom. The second kappa shape index (κ2) is 10.5. The highest BCUT2D eigenvalue weighted by molar-refractivity contribution is 5.88. The SMILES string of the molecule is CCc1cc(-c2ccc(-c3ccc4cc(-c5ccc(-c6ccccc6)cc5)cnc4c3)cc2)cc(C(F)(F)F)c1. The lowest BCUT2D eigenvalue weighted by Crippen LogP contribution is -2.06. The fraction of sp³-hybridized carbons (Fsp3) is 0.0833. The van der Waals surface area contributed by atoms with E-state index in [2.05, 4.69) is 54.6 Å². The number of alkyl halides is 3. The van der Waals surface area contributed by atoms with Gasteiger partial charge in [0.05, 0.1) is 11.1 Å². The minimum absolute atomic E-state index is 0.541. The fourth-order valence-electron chi connectivity index (χ4n) is 5.03. The van der Waals surface area contributed by atoms with Crippen LogP contribution in [0.15, 0.2) is 128 Å². The van der Waals surface area contributed by atoms with Crippen LogP contribution in [0.5, 0.6) is 0 Å². The molecule has 0 fully saturated rings. The van der Waals surface area contributed by atoms with Crippen molar-refractivity contribution in [3.05, 3.63) is 139 Å². The average molecular weight is 530 g/mol. The van der Waals surface area contributed by atoms with Crippen LogP contribution in [0.3, 0.4) is 0 Å². The maximum atomic E-state index is 13.4. The van der Waals surface area contributed by atoms with E-state index in [9.17, 15) is 13.2 Å². The third kappa shape index (κ3) is 5.26. The molecule has 40 heavy (non-hydrogen) atoms. The first kappa shape index (κ1) is 25.6. The number of nitrogens with zero attached hydrogens (tertiary/aromatic N) is 1. The van der Waals surface area contributed by atoms with E-state index in [-0.39, 0.29) is 0 Å². The van der Waals surface area contributed by atoms with E-state index in [1.165, 1.54) is 23.3 Å². The molecule has 196 valence electrons. The monoisotopic (exact) mass is 529 g/mol. The van der Waals surface area contributed by atoms with Gasteiger partial charge in [0.15, 0.2) is 0 Å². The van der Waals surface area contributed by atoms with Crippen molar-refractivity contribution < 1.29 is 13.2 Å². The van der Waals surface area contributed by atoms with Crippen LogP contribution in [0.4, 0.5) is 13.2 Å². The Morgan fingerprint density at radius 1 is 0.525 bits per heavy atom. The molecule has 6 rings (SSSR count). The number of benzene rings is 5. The van der Waals surface area contributed by atoms with E-state index in [0.717, 1.165) is 38.7 Å². The summed E-state index contributed by atoms with van der Waals surface area (Å²) >= 11 is 0. The minimum atomic E-state index is -4.37. The van der Waals surface area contributed by atoms with E-state index >= 15 is 0 Å². The van der Waals surface area contributed by atoms with Crippen molar-refractivity contribution in [3.63, 3.8) is 0 Å². The first-order chi connectivity index (χ1) is 19.4. The van der Waals surface area contributed by atoms with Crippen LogP contribution in [-0.2, 0) is 12.6 Å². The number of hydrogen-bond donors (Lipinski definition) is 0. The normalized spacial score (nSPS) is 11.6. The smallest absolute Gasteiger partial charge is 0.256 e. The number of rotatable bonds is 5. The van der Waals surface area contributed by atoms with Gasteiger partial charge in [-0.25, -0.2) is 0 Å². The molecule has 0 unspecified atom stereocenters. The van der Waals surface area contributed by atoms with E-state index in [1.54, 1.807) is 0 Å². The molecule has 0 saturated heterocycles. The molecule has 0 aliphatic heterocycles. The Kier molecular flexibility index (Phi) is 6.69. The van der Waals surface area contributed by atoms with Crippen molar-refractivity contribution in [2.24, 2.45) is 0 Å².